The molecule has 0 spiro atoms. The number of sulfonamides is 1. The van der Waals surface area contributed by atoms with Gasteiger partial charge in [-0.05, 0) is 29.8 Å². The van der Waals surface area contributed by atoms with Crippen LogP contribution in [0.4, 0.5) is 10.8 Å². The highest BCUT2D eigenvalue weighted by atomic mass is 32.2. The Morgan fingerprint density at radius 3 is 2.50 bits per heavy atom. The number of thiazole rings is 1. The number of ether oxygens (including phenoxy) is 1. The number of methoxy groups -OCH3 is 1. The van der Waals surface area contributed by atoms with Crippen LogP contribution >= 0.6 is 11.3 Å². The average Bonchev–Trinajstić information content (AvgIpc) is 3.27. The van der Waals surface area contributed by atoms with Crippen molar-refractivity contribution in [2.45, 2.75) is 11.3 Å². The lowest BCUT2D eigenvalue weighted by molar-refractivity contribution is -0.384. The van der Waals surface area contributed by atoms with Crippen molar-refractivity contribution in [3.63, 3.8) is 0 Å². The lowest BCUT2D eigenvalue weighted by Crippen LogP contribution is -2.48. The molecule has 1 fully saturated rings. The summed E-state index contributed by atoms with van der Waals surface area (Å²) >= 11 is 1.55. The Labute approximate surface area is 190 Å². The van der Waals surface area contributed by atoms with E-state index in [0.29, 0.717) is 32.6 Å². The summed E-state index contributed by atoms with van der Waals surface area (Å²) in [5, 5.41) is 13.7. The summed E-state index contributed by atoms with van der Waals surface area (Å²) in [6.07, 6.45) is 0.697. The molecule has 1 aromatic heterocycles. The van der Waals surface area contributed by atoms with Gasteiger partial charge in [-0.3, -0.25) is 10.1 Å². The first-order valence-corrected chi connectivity index (χ1v) is 12.3. The van der Waals surface area contributed by atoms with Gasteiger partial charge >= 0.3 is 0 Å². The number of aromatic nitrogens is 1. The Bertz CT molecular complexity index is 1200. The minimum atomic E-state index is -3.70. The fraction of sp³-hybridized carbons (Fsp3) is 0.286. The summed E-state index contributed by atoms with van der Waals surface area (Å²) in [5.74, 6) is 0.809. The summed E-state index contributed by atoms with van der Waals surface area (Å²) in [4.78, 5) is 17.1. The van der Waals surface area contributed by atoms with Crippen LogP contribution in [0, 0.1) is 10.1 Å². The molecule has 0 amide bonds. The first-order chi connectivity index (χ1) is 15.4. The van der Waals surface area contributed by atoms with Crippen LogP contribution in [0.5, 0.6) is 5.75 Å². The van der Waals surface area contributed by atoms with E-state index in [0.717, 1.165) is 22.1 Å². The van der Waals surface area contributed by atoms with Crippen molar-refractivity contribution >= 4 is 32.2 Å². The van der Waals surface area contributed by atoms with Gasteiger partial charge in [-0.2, -0.15) is 4.31 Å². The zero-order chi connectivity index (χ0) is 22.7. The lowest BCUT2D eigenvalue weighted by Gasteiger charge is -2.33. The predicted molar refractivity (Wildman–Crippen MR) is 122 cm³/mol. The molecule has 2 heterocycles. The third-order valence-electron chi connectivity index (χ3n) is 5.25. The summed E-state index contributed by atoms with van der Waals surface area (Å²) in [6, 6.07) is 12.9. The fourth-order valence-corrected chi connectivity index (χ4v) is 5.82. The molecule has 1 aliphatic heterocycles. The molecule has 32 heavy (non-hydrogen) atoms. The summed E-state index contributed by atoms with van der Waals surface area (Å²) in [6.45, 7) is 1.70. The Balaban J connectivity index is 1.39. The minimum Gasteiger partial charge on any atom is -0.497 e. The summed E-state index contributed by atoms with van der Waals surface area (Å²) in [5.41, 5.74) is 1.93. The van der Waals surface area contributed by atoms with E-state index in [1.54, 1.807) is 18.4 Å². The molecule has 1 saturated heterocycles. The molecule has 0 atom stereocenters. The molecule has 0 radical (unpaired) electrons. The van der Waals surface area contributed by atoms with Crippen molar-refractivity contribution in [2.75, 3.05) is 38.2 Å². The Morgan fingerprint density at radius 2 is 1.84 bits per heavy atom. The number of piperazine rings is 1. The van der Waals surface area contributed by atoms with Crippen molar-refractivity contribution < 1.29 is 18.1 Å². The van der Waals surface area contributed by atoms with E-state index in [2.05, 4.69) is 4.90 Å². The highest BCUT2D eigenvalue weighted by molar-refractivity contribution is 7.89. The van der Waals surface area contributed by atoms with Gasteiger partial charge in [0.1, 0.15) is 5.75 Å². The molecule has 0 N–H and O–H groups in total. The summed E-state index contributed by atoms with van der Waals surface area (Å²) < 4.78 is 32.5. The van der Waals surface area contributed by atoms with Crippen molar-refractivity contribution in [1.82, 2.24) is 9.29 Å². The van der Waals surface area contributed by atoms with E-state index in [1.807, 2.05) is 29.6 Å². The van der Waals surface area contributed by atoms with Crippen LogP contribution in [0.2, 0.25) is 0 Å². The third-order valence-corrected chi connectivity index (χ3v) is 8.12. The van der Waals surface area contributed by atoms with E-state index in [-0.39, 0.29) is 10.6 Å². The number of hydrogen-bond donors (Lipinski definition) is 0. The van der Waals surface area contributed by atoms with E-state index in [1.165, 1.54) is 28.6 Å². The second-order valence-electron chi connectivity index (χ2n) is 7.29. The van der Waals surface area contributed by atoms with Crippen molar-refractivity contribution in [2.24, 2.45) is 0 Å². The Kier molecular flexibility index (Phi) is 6.40. The maximum Gasteiger partial charge on any atom is 0.269 e. The molecule has 2 aromatic carbocycles. The predicted octanol–water partition coefficient (Wildman–Crippen LogP) is 3.16. The topological polar surface area (TPSA) is 106 Å². The zero-order valence-electron chi connectivity index (χ0n) is 17.4. The molecular formula is C21H22N4O5S2. The van der Waals surface area contributed by atoms with E-state index in [9.17, 15) is 18.5 Å². The highest BCUT2D eigenvalue weighted by Crippen LogP contribution is 2.26. The molecule has 3 aromatic rings. The largest absolute Gasteiger partial charge is 0.497 e. The molecule has 0 aliphatic carbocycles. The highest BCUT2D eigenvalue weighted by Gasteiger charge is 2.29. The number of nitro groups is 1. The Morgan fingerprint density at radius 1 is 1.12 bits per heavy atom. The second-order valence-corrected chi connectivity index (χ2v) is 10.1. The maximum absolute atomic E-state index is 12.9. The standard InChI is InChI=1S/C21H22N4O5S2/c1-30-19-4-2-3-16(14-19)13-17-15-31-21(22-17)23-9-11-24(12-10-23)32(28,29)20-7-5-18(6-8-20)25(26)27/h2-8,14-15H,9-13H2,1H3. The number of nitrogens with zero attached hydrogens (tertiary/aromatic N) is 4. The number of non-ortho nitro benzene ring substituents is 1. The molecule has 1 aliphatic rings. The molecule has 11 heteroatoms. The van der Waals surface area contributed by atoms with Crippen molar-refractivity contribution in [3.8, 4) is 5.75 Å². The van der Waals surface area contributed by atoms with Crippen LogP contribution in [-0.2, 0) is 16.4 Å². The first-order valence-electron chi connectivity index (χ1n) is 9.94. The molecule has 4 rings (SSSR count). The molecular weight excluding hydrogens is 452 g/mol. The molecule has 0 saturated carbocycles. The zero-order valence-corrected chi connectivity index (χ0v) is 19.0. The average molecular weight is 475 g/mol. The van der Waals surface area contributed by atoms with Gasteiger partial charge in [-0.1, -0.05) is 12.1 Å². The number of hydrogen-bond acceptors (Lipinski definition) is 8. The quantitative estimate of drug-likeness (QED) is 0.382. The van der Waals surface area contributed by atoms with Gasteiger partial charge in [-0.15, -0.1) is 11.3 Å². The second kappa shape index (κ2) is 9.23. The number of anilines is 1. The molecule has 9 nitrogen and oxygen atoms in total. The molecule has 0 bridgehead atoms. The van der Waals surface area contributed by atoms with Gasteiger partial charge < -0.3 is 9.64 Å². The maximum atomic E-state index is 12.9. The first kappa shape index (κ1) is 22.2. The van der Waals surface area contributed by atoms with Gasteiger partial charge in [0.05, 0.1) is 22.6 Å². The van der Waals surface area contributed by atoms with Crippen LogP contribution < -0.4 is 9.64 Å². The van der Waals surface area contributed by atoms with Gasteiger partial charge in [-0.25, -0.2) is 13.4 Å². The number of nitro benzene ring substituents is 1. The van der Waals surface area contributed by atoms with Gasteiger partial charge in [0.15, 0.2) is 5.13 Å². The normalized spacial score (nSPS) is 15.0. The van der Waals surface area contributed by atoms with E-state index < -0.39 is 14.9 Å². The van der Waals surface area contributed by atoms with Gasteiger partial charge in [0.2, 0.25) is 10.0 Å². The molecule has 0 unspecified atom stereocenters. The van der Waals surface area contributed by atoms with E-state index >= 15 is 0 Å². The smallest absolute Gasteiger partial charge is 0.269 e. The summed E-state index contributed by atoms with van der Waals surface area (Å²) in [7, 11) is -2.06. The van der Waals surface area contributed by atoms with Crippen LogP contribution in [-0.4, -0.2) is 55.9 Å². The number of benzene rings is 2. The van der Waals surface area contributed by atoms with Crippen LogP contribution in [0.25, 0.3) is 0 Å². The number of rotatable bonds is 7. The lowest BCUT2D eigenvalue weighted by atomic mass is 10.1. The van der Waals surface area contributed by atoms with Gasteiger partial charge in [0, 0.05) is 50.1 Å². The van der Waals surface area contributed by atoms with Gasteiger partial charge in [0.25, 0.3) is 5.69 Å². The third kappa shape index (κ3) is 4.74. The fourth-order valence-electron chi connectivity index (χ4n) is 3.52. The van der Waals surface area contributed by atoms with Crippen molar-refractivity contribution in [3.05, 3.63) is 75.3 Å². The monoisotopic (exact) mass is 474 g/mol. The minimum absolute atomic E-state index is 0.0615. The van der Waals surface area contributed by atoms with Crippen LogP contribution in [0.3, 0.4) is 0 Å². The van der Waals surface area contributed by atoms with Crippen LogP contribution in [0.1, 0.15) is 11.3 Å². The SMILES string of the molecule is COc1cccc(Cc2csc(N3CCN(S(=O)(=O)c4ccc([N+](=O)[O-])cc4)CC3)n2)c1. The van der Waals surface area contributed by atoms with Crippen molar-refractivity contribution in [1.29, 1.82) is 0 Å². The Hall–Kier alpha value is -3.02. The molecule has 168 valence electrons. The van der Waals surface area contributed by atoms with Crippen LogP contribution in [0.15, 0.2) is 58.8 Å². The van der Waals surface area contributed by atoms with E-state index in [4.69, 9.17) is 9.72 Å².